The number of carbonyl (C=O) groups excluding carboxylic acids is 2. The summed E-state index contributed by atoms with van der Waals surface area (Å²) in [6.07, 6.45) is 3.49. The van der Waals surface area contributed by atoms with Gasteiger partial charge in [-0.3, -0.25) is 9.59 Å². The molecule has 2 aliphatic rings. The van der Waals surface area contributed by atoms with Gasteiger partial charge in [-0.1, -0.05) is 24.3 Å². The highest BCUT2D eigenvalue weighted by atomic mass is 19.1. The van der Waals surface area contributed by atoms with Crippen LogP contribution in [0.5, 0.6) is 0 Å². The quantitative estimate of drug-likeness (QED) is 0.535. The predicted molar refractivity (Wildman–Crippen MR) is 137 cm³/mol. The van der Waals surface area contributed by atoms with E-state index in [4.69, 9.17) is 0 Å². The molecule has 0 saturated heterocycles. The molecule has 35 heavy (non-hydrogen) atoms. The summed E-state index contributed by atoms with van der Waals surface area (Å²) in [4.78, 5) is 33.8. The van der Waals surface area contributed by atoms with Crippen molar-refractivity contribution in [2.75, 3.05) is 39.0 Å². The minimum absolute atomic E-state index is 0.0365. The number of hydrogen-bond donors (Lipinski definition) is 2. The summed E-state index contributed by atoms with van der Waals surface area (Å²) < 4.78 is 14.0. The maximum atomic E-state index is 14.0. The molecule has 6 nitrogen and oxygen atoms in total. The first-order chi connectivity index (χ1) is 16.8. The lowest BCUT2D eigenvalue weighted by Gasteiger charge is -2.23. The molecule has 0 bridgehead atoms. The predicted octanol–water partition coefficient (Wildman–Crippen LogP) is 4.57. The number of nitrogens with one attached hydrogen (secondary N) is 2. The van der Waals surface area contributed by atoms with Gasteiger partial charge in [0.1, 0.15) is 5.82 Å². The molecule has 5 rings (SSSR count). The Labute approximate surface area is 204 Å². The maximum Gasteiger partial charge on any atom is 0.256 e. The fraction of sp³-hybridized carbons (Fsp3) is 0.286. The number of hydrogen-bond acceptors (Lipinski definition) is 3. The number of fused-ring (bicyclic) bond motifs is 2. The van der Waals surface area contributed by atoms with Gasteiger partial charge in [0.05, 0.1) is 11.1 Å². The number of anilines is 1. The average Bonchev–Trinajstić information content (AvgIpc) is 3.25. The van der Waals surface area contributed by atoms with E-state index < -0.39 is 0 Å². The number of nitrogens with zero attached hydrogens (tertiary/aromatic N) is 2. The number of likely N-dealkylation sites (N-methyl/N-ethyl adjacent to an activating group) is 1. The topological polar surface area (TPSA) is 68.4 Å². The van der Waals surface area contributed by atoms with Crippen molar-refractivity contribution in [3.05, 3.63) is 76.4 Å². The lowest BCUT2D eigenvalue weighted by molar-refractivity contribution is -0.110. The van der Waals surface area contributed by atoms with Crippen LogP contribution in [0.1, 0.15) is 39.3 Å². The molecule has 2 amide bonds. The van der Waals surface area contributed by atoms with Crippen molar-refractivity contribution in [2.45, 2.75) is 19.8 Å². The number of aromatic nitrogens is 1. The highest BCUT2D eigenvalue weighted by Crippen LogP contribution is 2.41. The first kappa shape index (κ1) is 23.1. The standard InChI is InChI=1S/C28H29FN4O2/c1-17-24(30-22-11-6-12-33(14-13-32(2)3)28(35)25(17)22)16-21-26-20(18-7-4-8-19(29)15-18)9-5-10-23(26)31-27(21)34/h4-5,7-10,15-16,30H,6,11-14H2,1-3H3,(H,31,34). The molecule has 2 N–H and O–H groups in total. The second kappa shape index (κ2) is 9.15. The molecule has 0 saturated carbocycles. The minimum atomic E-state index is -0.329. The van der Waals surface area contributed by atoms with Crippen LogP contribution in [-0.2, 0) is 11.2 Å². The highest BCUT2D eigenvalue weighted by Gasteiger charge is 2.30. The lowest BCUT2D eigenvalue weighted by atomic mass is 9.94. The van der Waals surface area contributed by atoms with E-state index in [1.54, 1.807) is 6.07 Å². The minimum Gasteiger partial charge on any atom is -0.358 e. The van der Waals surface area contributed by atoms with Gasteiger partial charge in [0.25, 0.3) is 11.8 Å². The Morgan fingerprint density at radius 2 is 1.91 bits per heavy atom. The molecule has 0 unspecified atom stereocenters. The van der Waals surface area contributed by atoms with Crippen LogP contribution in [0.25, 0.3) is 22.8 Å². The van der Waals surface area contributed by atoms with Crippen molar-refractivity contribution in [2.24, 2.45) is 0 Å². The van der Waals surface area contributed by atoms with Gasteiger partial charge in [-0.05, 0) is 74.8 Å². The van der Waals surface area contributed by atoms with E-state index in [1.807, 2.05) is 56.3 Å². The van der Waals surface area contributed by atoms with Crippen LogP contribution in [0.15, 0.2) is 42.5 Å². The number of carbonyl (C=O) groups is 2. The Morgan fingerprint density at radius 3 is 2.69 bits per heavy atom. The van der Waals surface area contributed by atoms with Gasteiger partial charge >= 0.3 is 0 Å². The first-order valence-corrected chi connectivity index (χ1v) is 11.9. The maximum absolute atomic E-state index is 14.0. The molecule has 7 heteroatoms. The number of aromatic amines is 1. The fourth-order valence-corrected chi connectivity index (χ4v) is 4.97. The van der Waals surface area contributed by atoms with Crippen LogP contribution in [0.2, 0.25) is 0 Å². The van der Waals surface area contributed by atoms with Crippen LogP contribution >= 0.6 is 0 Å². The molecule has 0 radical (unpaired) electrons. The van der Waals surface area contributed by atoms with E-state index in [0.717, 1.165) is 54.0 Å². The molecule has 3 heterocycles. The summed E-state index contributed by atoms with van der Waals surface area (Å²) in [5.41, 5.74) is 6.65. The van der Waals surface area contributed by atoms with Gasteiger partial charge in [-0.2, -0.15) is 0 Å². The van der Waals surface area contributed by atoms with Gasteiger partial charge in [-0.25, -0.2) is 4.39 Å². The van der Waals surface area contributed by atoms with Crippen LogP contribution in [0.3, 0.4) is 0 Å². The van der Waals surface area contributed by atoms with Crippen LogP contribution < -0.4 is 5.32 Å². The number of aryl methyl sites for hydroxylation is 1. The lowest BCUT2D eigenvalue weighted by Crippen LogP contribution is -2.36. The Hall–Kier alpha value is -3.71. The summed E-state index contributed by atoms with van der Waals surface area (Å²) in [5, 5.41) is 2.93. The number of amides is 2. The largest absolute Gasteiger partial charge is 0.358 e. The third-order valence-electron chi connectivity index (χ3n) is 6.79. The Bertz CT molecular complexity index is 1350. The molecule has 0 atom stereocenters. The summed E-state index contributed by atoms with van der Waals surface area (Å²) in [6, 6.07) is 12.0. The van der Waals surface area contributed by atoms with Crippen molar-refractivity contribution >= 4 is 29.2 Å². The second-order valence-corrected chi connectivity index (χ2v) is 9.47. The van der Waals surface area contributed by atoms with Gasteiger partial charge in [-0.15, -0.1) is 0 Å². The van der Waals surface area contributed by atoms with Gasteiger partial charge < -0.3 is 20.1 Å². The molecule has 3 aromatic rings. The van der Waals surface area contributed by atoms with Crippen molar-refractivity contribution in [1.29, 1.82) is 0 Å². The van der Waals surface area contributed by atoms with E-state index in [-0.39, 0.29) is 17.6 Å². The fourth-order valence-electron chi connectivity index (χ4n) is 4.97. The van der Waals surface area contributed by atoms with E-state index in [2.05, 4.69) is 15.2 Å². The molecule has 180 valence electrons. The monoisotopic (exact) mass is 472 g/mol. The van der Waals surface area contributed by atoms with E-state index in [0.29, 0.717) is 28.9 Å². The smallest absolute Gasteiger partial charge is 0.256 e. The van der Waals surface area contributed by atoms with Crippen molar-refractivity contribution in [3.8, 4) is 11.1 Å². The molecule has 0 spiro atoms. The van der Waals surface area contributed by atoms with Crippen molar-refractivity contribution < 1.29 is 14.0 Å². The zero-order chi connectivity index (χ0) is 24.7. The Kier molecular flexibility index (Phi) is 6.03. The van der Waals surface area contributed by atoms with E-state index >= 15 is 0 Å². The molecular formula is C28H29FN4O2. The molecule has 1 aromatic heterocycles. The van der Waals surface area contributed by atoms with Crippen LogP contribution in [0.4, 0.5) is 10.1 Å². The second-order valence-electron chi connectivity index (χ2n) is 9.47. The number of halogens is 1. The molecular weight excluding hydrogens is 443 g/mol. The summed E-state index contributed by atoms with van der Waals surface area (Å²) >= 11 is 0. The Balaban J connectivity index is 1.57. The molecule has 0 aliphatic carbocycles. The summed E-state index contributed by atoms with van der Waals surface area (Å²) in [7, 11) is 4.00. The zero-order valence-electron chi connectivity index (χ0n) is 20.2. The number of benzene rings is 2. The van der Waals surface area contributed by atoms with E-state index in [9.17, 15) is 14.0 Å². The van der Waals surface area contributed by atoms with Crippen molar-refractivity contribution in [3.63, 3.8) is 0 Å². The zero-order valence-corrected chi connectivity index (χ0v) is 20.2. The SMILES string of the molecule is Cc1c(C=C2C(=O)Nc3cccc(-c4cccc(F)c4)c32)[nH]c2c1C(=O)N(CCN(C)C)CCC2. The molecule has 0 fully saturated rings. The van der Waals surface area contributed by atoms with Crippen molar-refractivity contribution in [1.82, 2.24) is 14.8 Å². The summed E-state index contributed by atoms with van der Waals surface area (Å²) in [5.74, 6) is -0.509. The third kappa shape index (κ3) is 4.28. The number of rotatable bonds is 5. The van der Waals surface area contributed by atoms with Gasteiger partial charge in [0.15, 0.2) is 0 Å². The Morgan fingerprint density at radius 1 is 1.11 bits per heavy atom. The average molecular weight is 473 g/mol. The van der Waals surface area contributed by atoms with Gasteiger partial charge in [0.2, 0.25) is 0 Å². The van der Waals surface area contributed by atoms with Crippen LogP contribution in [0, 0.1) is 12.7 Å². The molecule has 2 aliphatic heterocycles. The highest BCUT2D eigenvalue weighted by molar-refractivity contribution is 6.36. The van der Waals surface area contributed by atoms with Crippen LogP contribution in [-0.4, -0.2) is 60.3 Å². The normalized spacial score (nSPS) is 16.5. The first-order valence-electron chi connectivity index (χ1n) is 11.9. The number of H-pyrrole nitrogens is 1. The van der Waals surface area contributed by atoms with E-state index in [1.165, 1.54) is 12.1 Å². The summed E-state index contributed by atoms with van der Waals surface area (Å²) in [6.45, 7) is 4.15. The molecule has 2 aromatic carbocycles. The van der Waals surface area contributed by atoms with Gasteiger partial charge in [0, 0.05) is 42.3 Å². The third-order valence-corrected chi connectivity index (χ3v) is 6.79.